The van der Waals surface area contributed by atoms with Gasteiger partial charge in [0.2, 0.25) is 0 Å². The number of pyridine rings is 1. The van der Waals surface area contributed by atoms with Crippen molar-refractivity contribution >= 4 is 0 Å². The van der Waals surface area contributed by atoms with Crippen molar-refractivity contribution in [1.29, 1.82) is 0 Å². The van der Waals surface area contributed by atoms with E-state index in [1.54, 1.807) is 0 Å². The Hall–Kier alpha value is -5.74. The summed E-state index contributed by atoms with van der Waals surface area (Å²) in [6, 6.07) is 45.7. The van der Waals surface area contributed by atoms with E-state index in [2.05, 4.69) is 160 Å². The Morgan fingerprint density at radius 3 is 1.12 bits per heavy atom. The predicted molar refractivity (Wildman–Crippen MR) is 236 cm³/mol. The molecule has 2 heterocycles. The Morgan fingerprint density at radius 1 is 0.321 bits per heavy atom. The monoisotopic (exact) mass is 734 g/mol. The molecule has 0 spiro atoms. The zero-order valence-electron chi connectivity index (χ0n) is 34.9. The van der Waals surface area contributed by atoms with Crippen LogP contribution in [0, 0.1) is 13.8 Å². The van der Waals surface area contributed by atoms with Crippen LogP contribution < -0.4 is 0 Å². The fourth-order valence-electron chi connectivity index (χ4n) is 7.06. The normalized spacial score (nSPS) is 12.2. The number of aromatic nitrogens is 4. The van der Waals surface area contributed by atoms with Crippen LogP contribution in [0.5, 0.6) is 0 Å². The highest BCUT2D eigenvalue weighted by Crippen LogP contribution is 2.40. The smallest absolute Gasteiger partial charge is 0.164 e. The molecule has 4 heteroatoms. The highest BCUT2D eigenvalue weighted by atomic mass is 15.0. The Morgan fingerprint density at radius 2 is 0.679 bits per heavy atom. The van der Waals surface area contributed by atoms with E-state index in [0.717, 1.165) is 50.3 Å². The van der Waals surface area contributed by atoms with E-state index < -0.39 is 0 Å². The van der Waals surface area contributed by atoms with Gasteiger partial charge in [0.15, 0.2) is 17.5 Å². The van der Waals surface area contributed by atoms with Gasteiger partial charge >= 0.3 is 0 Å². The molecule has 282 valence electrons. The lowest BCUT2D eigenvalue weighted by Gasteiger charge is -2.27. The quantitative estimate of drug-likeness (QED) is 0.171. The van der Waals surface area contributed by atoms with Crippen molar-refractivity contribution in [3.05, 3.63) is 155 Å². The third kappa shape index (κ3) is 8.40. The van der Waals surface area contributed by atoms with Crippen LogP contribution in [0.2, 0.25) is 0 Å². The summed E-state index contributed by atoms with van der Waals surface area (Å²) < 4.78 is 0. The van der Waals surface area contributed by atoms with Crippen molar-refractivity contribution in [3.63, 3.8) is 0 Å². The molecule has 5 aromatic carbocycles. The van der Waals surface area contributed by atoms with Crippen LogP contribution in [0.25, 0.3) is 67.5 Å². The zero-order valence-corrected chi connectivity index (χ0v) is 34.9. The molecule has 7 aromatic rings. The number of benzene rings is 5. The van der Waals surface area contributed by atoms with Gasteiger partial charge in [-0.15, -0.1) is 0 Å². The molecule has 0 saturated heterocycles. The van der Waals surface area contributed by atoms with E-state index in [1.807, 2.05) is 43.3 Å². The molecule has 0 aliphatic rings. The van der Waals surface area contributed by atoms with Crippen molar-refractivity contribution in [3.8, 4) is 67.5 Å². The van der Waals surface area contributed by atoms with E-state index in [-0.39, 0.29) is 16.2 Å². The summed E-state index contributed by atoms with van der Waals surface area (Å²) >= 11 is 0. The summed E-state index contributed by atoms with van der Waals surface area (Å²) in [6.45, 7) is 24.8. The molecule has 4 nitrogen and oxygen atoms in total. The van der Waals surface area contributed by atoms with Gasteiger partial charge in [-0.2, -0.15) is 0 Å². The van der Waals surface area contributed by atoms with Crippen LogP contribution in [0.1, 0.15) is 90.4 Å². The van der Waals surface area contributed by atoms with Crippen LogP contribution in [-0.2, 0) is 16.2 Å². The maximum atomic E-state index is 5.15. The van der Waals surface area contributed by atoms with Crippen molar-refractivity contribution in [2.24, 2.45) is 0 Å². The molecule has 0 saturated carbocycles. The average molecular weight is 735 g/mol. The van der Waals surface area contributed by atoms with Crippen LogP contribution in [0.4, 0.5) is 0 Å². The second-order valence-corrected chi connectivity index (χ2v) is 18.3. The minimum atomic E-state index is -0.0828. The minimum Gasteiger partial charge on any atom is -0.258 e. The van der Waals surface area contributed by atoms with Gasteiger partial charge in [-0.1, -0.05) is 159 Å². The first-order chi connectivity index (χ1) is 26.4. The van der Waals surface area contributed by atoms with Crippen molar-refractivity contribution in [2.45, 2.75) is 92.4 Å². The second-order valence-electron chi connectivity index (χ2n) is 18.3. The van der Waals surface area contributed by atoms with Gasteiger partial charge < -0.3 is 0 Å². The first-order valence-electron chi connectivity index (χ1n) is 19.7. The highest BCUT2D eigenvalue weighted by molar-refractivity contribution is 5.83. The van der Waals surface area contributed by atoms with Crippen LogP contribution in [0.15, 0.2) is 127 Å². The molecule has 56 heavy (non-hydrogen) atoms. The lowest BCUT2D eigenvalue weighted by Crippen LogP contribution is -2.16. The molecule has 0 aliphatic heterocycles. The van der Waals surface area contributed by atoms with Gasteiger partial charge in [0, 0.05) is 33.6 Å². The first kappa shape index (κ1) is 38.5. The van der Waals surface area contributed by atoms with Gasteiger partial charge in [0.1, 0.15) is 0 Å². The summed E-state index contributed by atoms with van der Waals surface area (Å²) in [5, 5.41) is 0. The number of nitrogens with zero attached hydrogens (tertiary/aromatic N) is 4. The van der Waals surface area contributed by atoms with Gasteiger partial charge in [-0.3, -0.25) is 4.98 Å². The summed E-state index contributed by atoms with van der Waals surface area (Å²) in [5.74, 6) is 1.90. The Bertz CT molecular complexity index is 2440. The summed E-state index contributed by atoms with van der Waals surface area (Å²) in [5.41, 5.74) is 15.5. The largest absolute Gasteiger partial charge is 0.258 e. The Labute approximate surface area is 334 Å². The number of hydrogen-bond donors (Lipinski definition) is 0. The van der Waals surface area contributed by atoms with Crippen molar-refractivity contribution in [2.75, 3.05) is 0 Å². The van der Waals surface area contributed by atoms with E-state index in [0.29, 0.717) is 17.5 Å². The first-order valence-corrected chi connectivity index (χ1v) is 19.7. The third-order valence-electron chi connectivity index (χ3n) is 10.6. The van der Waals surface area contributed by atoms with E-state index in [4.69, 9.17) is 19.9 Å². The van der Waals surface area contributed by atoms with Crippen LogP contribution in [0.3, 0.4) is 0 Å². The van der Waals surface area contributed by atoms with E-state index in [1.165, 1.54) is 27.8 Å². The average Bonchev–Trinajstić information content (AvgIpc) is 3.17. The van der Waals surface area contributed by atoms with Gasteiger partial charge in [0.05, 0.1) is 0 Å². The SMILES string of the molecule is Cc1ccc(-c2cc(-c3cc(-c4cc(C(C)(C)C)cc(C(C)(C)C)c4)cc(C(C)(C)C)c3)cc(-c3nc(-c4ccccc4)nc(-c4ccccc4)n3)c2)c(C)n1. The third-order valence-corrected chi connectivity index (χ3v) is 10.6. The zero-order chi connectivity index (χ0) is 40.0. The van der Waals surface area contributed by atoms with Crippen LogP contribution >= 0.6 is 0 Å². The summed E-state index contributed by atoms with van der Waals surface area (Å²) in [6.07, 6.45) is 0. The molecular formula is C52H54N4. The number of hydrogen-bond acceptors (Lipinski definition) is 4. The molecule has 0 N–H and O–H groups in total. The fourth-order valence-corrected chi connectivity index (χ4v) is 7.06. The maximum Gasteiger partial charge on any atom is 0.164 e. The van der Waals surface area contributed by atoms with E-state index >= 15 is 0 Å². The number of rotatable bonds is 6. The molecule has 0 atom stereocenters. The summed E-state index contributed by atoms with van der Waals surface area (Å²) in [4.78, 5) is 20.2. The van der Waals surface area contributed by atoms with Crippen molar-refractivity contribution in [1.82, 2.24) is 19.9 Å². The molecule has 0 aliphatic carbocycles. The molecule has 7 rings (SSSR count). The molecular weight excluding hydrogens is 681 g/mol. The molecule has 0 amide bonds. The standard InChI is InChI=1S/C52H54N4/c1-33-22-23-46(34(2)53-33)41-25-37(26-42(27-41)49-55-47(35-18-14-12-15-19-35)54-48(56-49)36-20-16-13-17-21-36)38-24-39(29-43(28-38)50(3,4)5)40-30-44(51(6,7)8)32-45(31-40)52(9,10)11/h12-32H,1-11H3. The molecule has 0 bridgehead atoms. The van der Waals surface area contributed by atoms with Gasteiger partial charge in [-0.25, -0.2) is 15.0 Å². The topological polar surface area (TPSA) is 51.6 Å². The highest BCUT2D eigenvalue weighted by Gasteiger charge is 2.23. The molecule has 0 fully saturated rings. The van der Waals surface area contributed by atoms with Crippen LogP contribution in [-0.4, -0.2) is 19.9 Å². The Balaban J connectivity index is 1.51. The molecule has 0 unspecified atom stereocenters. The fraction of sp³-hybridized carbons (Fsp3) is 0.269. The number of aryl methyl sites for hydroxylation is 2. The summed E-state index contributed by atoms with van der Waals surface area (Å²) in [7, 11) is 0. The minimum absolute atomic E-state index is 0.00535. The van der Waals surface area contributed by atoms with Gasteiger partial charge in [-0.05, 0) is 105 Å². The molecule has 0 radical (unpaired) electrons. The van der Waals surface area contributed by atoms with Gasteiger partial charge in [0.25, 0.3) is 0 Å². The second kappa shape index (κ2) is 14.7. The maximum absolute atomic E-state index is 5.15. The lowest BCUT2D eigenvalue weighted by atomic mass is 9.78. The van der Waals surface area contributed by atoms with E-state index in [9.17, 15) is 0 Å². The predicted octanol–water partition coefficient (Wildman–Crippen LogP) is 13.8. The Kier molecular flexibility index (Phi) is 10.1. The molecule has 2 aromatic heterocycles. The van der Waals surface area contributed by atoms with Crippen molar-refractivity contribution < 1.29 is 0 Å². The lowest BCUT2D eigenvalue weighted by molar-refractivity contribution is 0.569.